The Morgan fingerprint density at radius 2 is 2.10 bits per heavy atom. The molecular formula is C20H17F3N4O2. The average Bonchev–Trinajstić information content (AvgIpc) is 3.36. The Labute approximate surface area is 164 Å². The fourth-order valence-electron chi connectivity index (χ4n) is 3.45. The Balaban J connectivity index is 1.55. The van der Waals surface area contributed by atoms with Crippen LogP contribution in [0, 0.1) is 17.5 Å². The molecule has 2 amide bonds. The van der Waals surface area contributed by atoms with E-state index in [0.29, 0.717) is 16.9 Å². The SMILES string of the molecule is COc1cc(F)cc(CNC(=O)N2CCc3c2cc(F)c(-c2cn[nH]c2)c3F)c1. The molecule has 2 N–H and O–H groups in total. The highest BCUT2D eigenvalue weighted by molar-refractivity contribution is 5.95. The highest BCUT2D eigenvalue weighted by atomic mass is 19.1. The van der Waals surface area contributed by atoms with E-state index in [9.17, 15) is 18.0 Å². The molecule has 0 bridgehead atoms. The molecule has 1 aliphatic heterocycles. The number of benzene rings is 2. The summed E-state index contributed by atoms with van der Waals surface area (Å²) < 4.78 is 48.1. The third-order valence-electron chi connectivity index (χ3n) is 4.81. The zero-order valence-electron chi connectivity index (χ0n) is 15.4. The molecular weight excluding hydrogens is 385 g/mol. The van der Waals surface area contributed by atoms with Crippen molar-refractivity contribution in [2.45, 2.75) is 13.0 Å². The van der Waals surface area contributed by atoms with Crippen LogP contribution in [0.5, 0.6) is 5.75 Å². The van der Waals surface area contributed by atoms with Gasteiger partial charge in [-0.1, -0.05) is 0 Å². The third kappa shape index (κ3) is 3.51. The molecule has 9 heteroatoms. The van der Waals surface area contributed by atoms with Gasteiger partial charge in [0.2, 0.25) is 0 Å². The molecule has 0 saturated heterocycles. The number of amides is 2. The van der Waals surface area contributed by atoms with E-state index < -0.39 is 23.5 Å². The number of hydrogen-bond acceptors (Lipinski definition) is 3. The minimum absolute atomic E-state index is 0.0385. The highest BCUT2D eigenvalue weighted by Gasteiger charge is 2.31. The lowest BCUT2D eigenvalue weighted by atomic mass is 10.0. The van der Waals surface area contributed by atoms with E-state index in [-0.39, 0.29) is 36.3 Å². The van der Waals surface area contributed by atoms with Crippen LogP contribution in [0.2, 0.25) is 0 Å². The Bertz CT molecular complexity index is 1070. The van der Waals surface area contributed by atoms with Crippen LogP contribution in [0.4, 0.5) is 23.7 Å². The first-order valence-electron chi connectivity index (χ1n) is 8.86. The van der Waals surface area contributed by atoms with Crippen molar-refractivity contribution in [3.63, 3.8) is 0 Å². The topological polar surface area (TPSA) is 70.2 Å². The van der Waals surface area contributed by atoms with Crippen LogP contribution in [-0.2, 0) is 13.0 Å². The number of rotatable bonds is 4. The molecule has 0 aliphatic carbocycles. The van der Waals surface area contributed by atoms with Crippen molar-refractivity contribution in [3.05, 3.63) is 65.2 Å². The fraction of sp³-hybridized carbons (Fsp3) is 0.200. The summed E-state index contributed by atoms with van der Waals surface area (Å²) in [7, 11) is 1.42. The lowest BCUT2D eigenvalue weighted by Crippen LogP contribution is -2.38. The zero-order chi connectivity index (χ0) is 20.5. The predicted octanol–water partition coefficient (Wildman–Crippen LogP) is 3.77. The van der Waals surface area contributed by atoms with Gasteiger partial charge in [0.1, 0.15) is 23.2 Å². The van der Waals surface area contributed by atoms with Crippen molar-refractivity contribution in [3.8, 4) is 16.9 Å². The smallest absolute Gasteiger partial charge is 0.322 e. The molecule has 1 aromatic heterocycles. The van der Waals surface area contributed by atoms with E-state index in [1.54, 1.807) is 6.07 Å². The second-order valence-electron chi connectivity index (χ2n) is 6.59. The number of H-pyrrole nitrogens is 1. The van der Waals surface area contributed by atoms with Gasteiger partial charge < -0.3 is 10.1 Å². The number of fused-ring (bicyclic) bond motifs is 1. The van der Waals surface area contributed by atoms with E-state index in [1.165, 1.54) is 36.5 Å². The van der Waals surface area contributed by atoms with Gasteiger partial charge in [-0.25, -0.2) is 18.0 Å². The molecule has 0 radical (unpaired) electrons. The summed E-state index contributed by atoms with van der Waals surface area (Å²) in [6.07, 6.45) is 2.99. The maximum atomic E-state index is 14.9. The predicted molar refractivity (Wildman–Crippen MR) is 100 cm³/mol. The number of nitrogens with zero attached hydrogens (tertiary/aromatic N) is 2. The van der Waals surface area contributed by atoms with Crippen LogP contribution in [0.3, 0.4) is 0 Å². The summed E-state index contributed by atoms with van der Waals surface area (Å²) in [5, 5.41) is 8.90. The molecule has 0 fully saturated rings. The van der Waals surface area contributed by atoms with Gasteiger partial charge >= 0.3 is 6.03 Å². The van der Waals surface area contributed by atoms with Gasteiger partial charge in [0.15, 0.2) is 0 Å². The summed E-state index contributed by atoms with van der Waals surface area (Å²) in [5.74, 6) is -1.64. The first kappa shape index (κ1) is 18.9. The second kappa shape index (κ2) is 7.50. The second-order valence-corrected chi connectivity index (χ2v) is 6.59. The summed E-state index contributed by atoms with van der Waals surface area (Å²) in [5.41, 5.74) is 1.08. The minimum atomic E-state index is -0.780. The Kier molecular flexibility index (Phi) is 4.87. The van der Waals surface area contributed by atoms with Crippen molar-refractivity contribution in [1.82, 2.24) is 15.5 Å². The van der Waals surface area contributed by atoms with Crippen molar-refractivity contribution in [2.24, 2.45) is 0 Å². The Morgan fingerprint density at radius 1 is 1.28 bits per heavy atom. The van der Waals surface area contributed by atoms with Crippen LogP contribution in [0.1, 0.15) is 11.1 Å². The normalized spacial score (nSPS) is 12.8. The van der Waals surface area contributed by atoms with Crippen LogP contribution in [-0.4, -0.2) is 29.9 Å². The first-order valence-corrected chi connectivity index (χ1v) is 8.86. The minimum Gasteiger partial charge on any atom is -0.497 e. The van der Waals surface area contributed by atoms with Crippen LogP contribution in [0.25, 0.3) is 11.1 Å². The van der Waals surface area contributed by atoms with Crippen molar-refractivity contribution < 1.29 is 22.7 Å². The Hall–Kier alpha value is -3.49. The molecule has 29 heavy (non-hydrogen) atoms. The fourth-order valence-corrected chi connectivity index (χ4v) is 3.45. The summed E-state index contributed by atoms with van der Waals surface area (Å²) in [4.78, 5) is 13.9. The van der Waals surface area contributed by atoms with Crippen LogP contribution < -0.4 is 15.0 Å². The van der Waals surface area contributed by atoms with Crippen molar-refractivity contribution in [1.29, 1.82) is 0 Å². The molecule has 2 aromatic carbocycles. The first-order chi connectivity index (χ1) is 14.0. The quantitative estimate of drug-likeness (QED) is 0.698. The van der Waals surface area contributed by atoms with Gasteiger partial charge in [0.05, 0.1) is 24.6 Å². The number of aromatic amines is 1. The molecule has 1 aliphatic rings. The number of carbonyl (C=O) groups is 1. The molecule has 2 heterocycles. The number of urea groups is 1. The molecule has 0 atom stereocenters. The van der Waals surface area contributed by atoms with Crippen molar-refractivity contribution >= 4 is 11.7 Å². The number of aromatic nitrogens is 2. The van der Waals surface area contributed by atoms with Crippen molar-refractivity contribution in [2.75, 3.05) is 18.6 Å². The van der Waals surface area contributed by atoms with Gasteiger partial charge in [0.25, 0.3) is 0 Å². The average molecular weight is 402 g/mol. The molecule has 0 unspecified atom stereocenters. The van der Waals surface area contributed by atoms with E-state index >= 15 is 0 Å². The summed E-state index contributed by atoms with van der Waals surface area (Å²) in [6, 6.07) is 4.72. The van der Waals surface area contributed by atoms with Gasteiger partial charge in [0, 0.05) is 36.5 Å². The van der Waals surface area contributed by atoms with Gasteiger partial charge in [-0.15, -0.1) is 0 Å². The summed E-state index contributed by atoms with van der Waals surface area (Å²) >= 11 is 0. The van der Waals surface area contributed by atoms with Gasteiger partial charge in [-0.05, 0) is 30.2 Å². The number of halogens is 3. The number of hydrogen-bond donors (Lipinski definition) is 2. The zero-order valence-corrected chi connectivity index (χ0v) is 15.4. The number of anilines is 1. The maximum absolute atomic E-state index is 14.9. The number of nitrogens with one attached hydrogen (secondary N) is 2. The summed E-state index contributed by atoms with van der Waals surface area (Å²) in [6.45, 7) is 0.246. The molecule has 6 nitrogen and oxygen atoms in total. The van der Waals surface area contributed by atoms with E-state index in [2.05, 4.69) is 15.5 Å². The molecule has 150 valence electrons. The van der Waals surface area contributed by atoms with Crippen LogP contribution in [0.15, 0.2) is 36.7 Å². The molecule has 0 spiro atoms. The van der Waals surface area contributed by atoms with E-state index in [0.717, 1.165) is 6.07 Å². The third-order valence-corrected chi connectivity index (χ3v) is 4.81. The molecule has 4 rings (SSSR count). The standard InChI is InChI=1S/C20H17F3N4O2/c1-29-14-5-11(4-13(21)6-14)8-24-20(28)27-3-2-15-17(27)7-16(22)18(19(15)23)12-9-25-26-10-12/h4-7,9-10H,2-3,8H2,1H3,(H,24,28)(H,25,26). The lowest BCUT2D eigenvalue weighted by Gasteiger charge is -2.19. The molecule has 0 saturated carbocycles. The van der Waals surface area contributed by atoms with E-state index in [4.69, 9.17) is 4.74 Å². The highest BCUT2D eigenvalue weighted by Crippen LogP contribution is 2.37. The number of ether oxygens (including phenoxy) is 1. The van der Waals surface area contributed by atoms with Crippen LogP contribution >= 0.6 is 0 Å². The van der Waals surface area contributed by atoms with Gasteiger partial charge in [-0.3, -0.25) is 10.00 Å². The Morgan fingerprint density at radius 3 is 2.83 bits per heavy atom. The van der Waals surface area contributed by atoms with E-state index in [1.807, 2.05) is 0 Å². The lowest BCUT2D eigenvalue weighted by molar-refractivity contribution is 0.246. The largest absolute Gasteiger partial charge is 0.497 e. The number of carbonyl (C=O) groups excluding carboxylic acids is 1. The monoisotopic (exact) mass is 402 g/mol. The molecule has 3 aromatic rings. The van der Waals surface area contributed by atoms with Gasteiger partial charge in [-0.2, -0.15) is 5.10 Å². The maximum Gasteiger partial charge on any atom is 0.322 e. The number of methoxy groups -OCH3 is 1.